The zero-order valence-electron chi connectivity index (χ0n) is 8.95. The molecule has 2 unspecified atom stereocenters. The van der Waals surface area contributed by atoms with Crippen molar-refractivity contribution in [1.82, 2.24) is 0 Å². The Morgan fingerprint density at radius 3 is 2.43 bits per heavy atom. The molecule has 0 aliphatic carbocycles. The molecule has 0 fully saturated rings. The van der Waals surface area contributed by atoms with Crippen molar-refractivity contribution in [3.63, 3.8) is 0 Å². The minimum Gasteiger partial charge on any atom is -0.545 e. The van der Waals surface area contributed by atoms with Crippen molar-refractivity contribution in [2.24, 2.45) is 5.92 Å². The van der Waals surface area contributed by atoms with Crippen LogP contribution in [-0.2, 0) is 4.79 Å². The van der Waals surface area contributed by atoms with Gasteiger partial charge in [-0.3, -0.25) is 0 Å². The summed E-state index contributed by atoms with van der Waals surface area (Å²) < 4.78 is 0. The summed E-state index contributed by atoms with van der Waals surface area (Å²) in [5.41, 5.74) is -0.201. The van der Waals surface area contributed by atoms with Crippen LogP contribution in [0.5, 0.6) is 0 Å². The van der Waals surface area contributed by atoms with Crippen LogP contribution in [0.25, 0.3) is 0 Å². The quantitative estimate of drug-likeness (QED) is 0.619. The average Bonchev–Trinajstić information content (AvgIpc) is 2.17. The number of aliphatic hydroxyl groups excluding tert-OH is 1. The zero-order chi connectivity index (χ0) is 11.1. The standard InChI is InChI=1S/C11H20O3/c1-4-6-7-9(5-2)10(12)8(3)11(13)14/h9-10,12H,3-7H2,1-2H3,(H,13,14)/p-1. The number of hydrogen-bond donors (Lipinski definition) is 1. The minimum atomic E-state index is -1.35. The molecule has 1 N–H and O–H groups in total. The lowest BCUT2D eigenvalue weighted by Gasteiger charge is -2.23. The highest BCUT2D eigenvalue weighted by Gasteiger charge is 2.19. The zero-order valence-corrected chi connectivity index (χ0v) is 8.95. The fourth-order valence-electron chi connectivity index (χ4n) is 1.46. The van der Waals surface area contributed by atoms with Crippen molar-refractivity contribution in [2.75, 3.05) is 0 Å². The fraction of sp³-hybridized carbons (Fsp3) is 0.727. The first-order valence-electron chi connectivity index (χ1n) is 5.12. The number of hydrogen-bond acceptors (Lipinski definition) is 3. The van der Waals surface area contributed by atoms with E-state index < -0.39 is 12.1 Å². The second kappa shape index (κ2) is 6.60. The Labute approximate surface area is 85.4 Å². The second-order valence-corrected chi connectivity index (χ2v) is 3.57. The van der Waals surface area contributed by atoms with Gasteiger partial charge in [-0.25, -0.2) is 0 Å². The van der Waals surface area contributed by atoms with Crippen LogP contribution in [0.4, 0.5) is 0 Å². The molecule has 0 saturated heterocycles. The Balaban J connectivity index is 4.22. The number of carbonyl (C=O) groups is 1. The van der Waals surface area contributed by atoms with Gasteiger partial charge in [-0.05, 0) is 17.9 Å². The van der Waals surface area contributed by atoms with Gasteiger partial charge in [0.05, 0.1) is 12.1 Å². The summed E-state index contributed by atoms with van der Waals surface area (Å²) in [6.07, 6.45) is 2.67. The summed E-state index contributed by atoms with van der Waals surface area (Å²) in [5.74, 6) is -1.37. The first-order chi connectivity index (χ1) is 6.54. The summed E-state index contributed by atoms with van der Waals surface area (Å²) in [5, 5.41) is 20.1. The van der Waals surface area contributed by atoms with Crippen molar-refractivity contribution in [3.8, 4) is 0 Å². The Morgan fingerprint density at radius 2 is 2.07 bits per heavy atom. The van der Waals surface area contributed by atoms with Gasteiger partial charge in [-0.15, -0.1) is 0 Å². The van der Waals surface area contributed by atoms with E-state index in [0.717, 1.165) is 25.7 Å². The molecular weight excluding hydrogens is 180 g/mol. The van der Waals surface area contributed by atoms with Gasteiger partial charge < -0.3 is 15.0 Å². The fourth-order valence-corrected chi connectivity index (χ4v) is 1.46. The van der Waals surface area contributed by atoms with Crippen LogP contribution in [0.2, 0.25) is 0 Å². The summed E-state index contributed by atoms with van der Waals surface area (Å²) in [7, 11) is 0. The molecule has 0 aliphatic rings. The second-order valence-electron chi connectivity index (χ2n) is 3.57. The predicted molar refractivity (Wildman–Crippen MR) is 53.5 cm³/mol. The Kier molecular flexibility index (Phi) is 6.21. The Bertz CT molecular complexity index is 199. The maximum absolute atomic E-state index is 10.5. The van der Waals surface area contributed by atoms with Gasteiger partial charge in [-0.2, -0.15) is 0 Å². The number of rotatable bonds is 7. The van der Waals surface area contributed by atoms with Crippen molar-refractivity contribution < 1.29 is 15.0 Å². The number of carboxylic acid groups (broad SMARTS) is 1. The molecule has 0 saturated carbocycles. The molecule has 3 nitrogen and oxygen atoms in total. The third kappa shape index (κ3) is 3.92. The number of unbranched alkanes of at least 4 members (excludes halogenated alkanes) is 1. The smallest absolute Gasteiger partial charge is 0.0829 e. The van der Waals surface area contributed by atoms with Gasteiger partial charge in [-0.1, -0.05) is 39.7 Å². The summed E-state index contributed by atoms with van der Waals surface area (Å²) in [4.78, 5) is 10.5. The van der Waals surface area contributed by atoms with E-state index >= 15 is 0 Å². The maximum atomic E-state index is 10.5. The normalized spacial score (nSPS) is 14.8. The third-order valence-electron chi connectivity index (χ3n) is 2.52. The summed E-state index contributed by atoms with van der Waals surface area (Å²) >= 11 is 0. The number of carboxylic acids is 1. The lowest BCUT2D eigenvalue weighted by molar-refractivity contribution is -0.300. The van der Waals surface area contributed by atoms with Crippen molar-refractivity contribution in [3.05, 3.63) is 12.2 Å². The highest BCUT2D eigenvalue weighted by atomic mass is 16.4. The molecule has 3 heteroatoms. The monoisotopic (exact) mass is 199 g/mol. The minimum absolute atomic E-state index is 0.0136. The van der Waals surface area contributed by atoms with Crippen molar-refractivity contribution in [2.45, 2.75) is 45.6 Å². The molecule has 14 heavy (non-hydrogen) atoms. The van der Waals surface area contributed by atoms with E-state index in [1.165, 1.54) is 0 Å². The van der Waals surface area contributed by atoms with Crippen LogP contribution >= 0.6 is 0 Å². The molecule has 0 bridgehead atoms. The molecule has 0 aromatic heterocycles. The number of carbonyl (C=O) groups excluding carboxylic acids is 1. The van der Waals surface area contributed by atoms with Gasteiger partial charge in [0.2, 0.25) is 0 Å². The predicted octanol–water partition coefficient (Wildman–Crippen LogP) is 0.870. The molecule has 0 rings (SSSR count). The molecule has 2 atom stereocenters. The molecular formula is C11H19O3-. The third-order valence-corrected chi connectivity index (χ3v) is 2.52. The van der Waals surface area contributed by atoms with E-state index in [4.69, 9.17) is 0 Å². The Morgan fingerprint density at radius 1 is 1.50 bits per heavy atom. The lowest BCUT2D eigenvalue weighted by Crippen LogP contribution is -2.34. The summed E-state index contributed by atoms with van der Waals surface area (Å²) in [6, 6.07) is 0. The molecule has 82 valence electrons. The van der Waals surface area contributed by atoms with Gasteiger partial charge >= 0.3 is 0 Å². The van der Waals surface area contributed by atoms with E-state index in [9.17, 15) is 15.0 Å². The highest BCUT2D eigenvalue weighted by Crippen LogP contribution is 2.20. The lowest BCUT2D eigenvalue weighted by atomic mass is 9.89. The van der Waals surface area contributed by atoms with Gasteiger partial charge in [0.15, 0.2) is 0 Å². The van der Waals surface area contributed by atoms with Gasteiger partial charge in [0.1, 0.15) is 0 Å². The molecule has 0 spiro atoms. The van der Waals surface area contributed by atoms with E-state index in [-0.39, 0.29) is 11.5 Å². The van der Waals surface area contributed by atoms with Crippen LogP contribution in [0.3, 0.4) is 0 Å². The van der Waals surface area contributed by atoms with Crippen LogP contribution < -0.4 is 5.11 Å². The number of aliphatic hydroxyl groups is 1. The van der Waals surface area contributed by atoms with Crippen molar-refractivity contribution in [1.29, 1.82) is 0 Å². The van der Waals surface area contributed by atoms with Crippen LogP contribution in [0, 0.1) is 5.92 Å². The SMILES string of the molecule is C=C(C(=O)[O-])C(O)C(CC)CCCC. The number of aliphatic carboxylic acids is 1. The summed E-state index contributed by atoms with van der Waals surface area (Å²) in [6.45, 7) is 7.32. The van der Waals surface area contributed by atoms with Gasteiger partial charge in [0.25, 0.3) is 0 Å². The molecule has 0 radical (unpaired) electrons. The first-order valence-corrected chi connectivity index (χ1v) is 5.12. The molecule has 0 aromatic rings. The Hall–Kier alpha value is -0.830. The molecule has 0 heterocycles. The first kappa shape index (κ1) is 13.2. The average molecular weight is 199 g/mol. The van der Waals surface area contributed by atoms with E-state index in [0.29, 0.717) is 0 Å². The van der Waals surface area contributed by atoms with Crippen molar-refractivity contribution >= 4 is 5.97 Å². The van der Waals surface area contributed by atoms with Gasteiger partial charge in [0, 0.05) is 0 Å². The van der Waals surface area contributed by atoms with E-state index in [1.807, 2.05) is 6.92 Å². The topological polar surface area (TPSA) is 60.4 Å². The van der Waals surface area contributed by atoms with Crippen LogP contribution in [-0.4, -0.2) is 17.2 Å². The maximum Gasteiger partial charge on any atom is 0.0829 e. The van der Waals surface area contributed by atoms with E-state index in [1.54, 1.807) is 0 Å². The molecule has 0 aliphatic heterocycles. The highest BCUT2D eigenvalue weighted by molar-refractivity contribution is 5.85. The van der Waals surface area contributed by atoms with Crippen LogP contribution in [0.1, 0.15) is 39.5 Å². The molecule has 0 aromatic carbocycles. The van der Waals surface area contributed by atoms with E-state index in [2.05, 4.69) is 13.5 Å². The van der Waals surface area contributed by atoms with Crippen LogP contribution in [0.15, 0.2) is 12.2 Å². The largest absolute Gasteiger partial charge is 0.545 e. The molecule has 0 amide bonds.